The summed E-state index contributed by atoms with van der Waals surface area (Å²) in [6.45, 7) is 0. The summed E-state index contributed by atoms with van der Waals surface area (Å²) >= 11 is 0. The molecule has 44 heavy (non-hydrogen) atoms. The van der Waals surface area contributed by atoms with Gasteiger partial charge in [-0.1, -0.05) is 85.7 Å². The molecule has 2 aromatic carbocycles. The van der Waals surface area contributed by atoms with Crippen LogP contribution in [-0.2, 0) is 30.0 Å². The minimum atomic E-state index is -1.77. The predicted molar refractivity (Wildman–Crippen MR) is 162 cm³/mol. The third kappa shape index (κ3) is 5.36. The van der Waals surface area contributed by atoms with E-state index in [0.717, 1.165) is 25.7 Å². The van der Waals surface area contributed by atoms with Crippen molar-refractivity contribution in [1.29, 1.82) is 0 Å². The second kappa shape index (κ2) is 12.4. The zero-order valence-corrected chi connectivity index (χ0v) is 24.3. The number of nitrogens with two attached hydrogens (primary N) is 2. The summed E-state index contributed by atoms with van der Waals surface area (Å²) in [5, 5.41) is 5.56. The predicted octanol–water partition coefficient (Wildman–Crippen LogP) is 2.44. The molecule has 2 saturated heterocycles. The van der Waals surface area contributed by atoms with Crippen LogP contribution in [0.15, 0.2) is 72.8 Å². The van der Waals surface area contributed by atoms with E-state index in [1.54, 1.807) is 60.7 Å². The molecule has 0 spiro atoms. The summed E-state index contributed by atoms with van der Waals surface area (Å²) in [6, 6.07) is 11.2. The van der Waals surface area contributed by atoms with Crippen molar-refractivity contribution < 1.29 is 28.8 Å². The third-order valence-corrected chi connectivity index (χ3v) is 9.05. The quantitative estimate of drug-likeness (QED) is 0.340. The van der Waals surface area contributed by atoms with Crippen LogP contribution in [0.25, 0.3) is 0 Å². The van der Waals surface area contributed by atoms with Crippen LogP contribution in [0.5, 0.6) is 0 Å². The van der Waals surface area contributed by atoms with Crippen molar-refractivity contribution in [2.24, 2.45) is 11.5 Å². The first-order valence-electron chi connectivity index (χ1n) is 15.0. The van der Waals surface area contributed by atoms with Gasteiger partial charge in [-0.2, -0.15) is 0 Å². The van der Waals surface area contributed by atoms with Crippen LogP contribution in [0.1, 0.15) is 83.2 Å². The summed E-state index contributed by atoms with van der Waals surface area (Å²) in [5.74, 6) is -2.50. The molecular formula is C34H36N4O6. The highest BCUT2D eigenvalue weighted by atomic mass is 16.2. The third-order valence-electron chi connectivity index (χ3n) is 9.05. The molecule has 5 rings (SSSR count). The minimum Gasteiger partial charge on any atom is -0.369 e. The molecule has 0 aromatic heterocycles. The summed E-state index contributed by atoms with van der Waals surface area (Å²) in [5.41, 5.74) is 10.0. The van der Waals surface area contributed by atoms with E-state index in [2.05, 4.69) is 10.6 Å². The molecule has 2 heterocycles. The maximum atomic E-state index is 13.5. The highest BCUT2D eigenvalue weighted by Crippen LogP contribution is 2.49. The molecule has 2 fully saturated rings. The first-order valence-corrected chi connectivity index (χ1v) is 15.0. The van der Waals surface area contributed by atoms with Crippen LogP contribution >= 0.6 is 0 Å². The van der Waals surface area contributed by atoms with Crippen LogP contribution in [0.2, 0.25) is 0 Å². The maximum Gasteiger partial charge on any atom is 0.233 e. The zero-order valence-electron chi connectivity index (χ0n) is 24.3. The van der Waals surface area contributed by atoms with Crippen LogP contribution in [0.4, 0.5) is 0 Å². The molecule has 0 radical (unpaired) electrons. The van der Waals surface area contributed by atoms with Gasteiger partial charge in [0.15, 0.2) is 11.6 Å². The van der Waals surface area contributed by atoms with Gasteiger partial charge in [-0.3, -0.25) is 28.8 Å². The van der Waals surface area contributed by atoms with Crippen molar-refractivity contribution in [1.82, 2.24) is 10.6 Å². The molecule has 2 aromatic rings. The number of nitrogens with one attached hydrogen (secondary N) is 2. The van der Waals surface area contributed by atoms with Crippen molar-refractivity contribution in [3.05, 3.63) is 95.1 Å². The molecule has 4 amide bonds. The lowest BCUT2D eigenvalue weighted by Gasteiger charge is -2.45. The molecule has 2 aliphatic heterocycles. The second-order valence-corrected chi connectivity index (χ2v) is 11.7. The Balaban J connectivity index is 1.52. The Morgan fingerprint density at radius 1 is 0.591 bits per heavy atom. The zero-order chi connectivity index (χ0) is 31.5. The van der Waals surface area contributed by atoms with Gasteiger partial charge in [-0.25, -0.2) is 0 Å². The van der Waals surface area contributed by atoms with E-state index in [0.29, 0.717) is 47.9 Å². The van der Waals surface area contributed by atoms with Crippen LogP contribution < -0.4 is 22.1 Å². The van der Waals surface area contributed by atoms with E-state index in [1.807, 2.05) is 0 Å². The number of rotatable bonds is 8. The molecule has 10 heteroatoms. The highest BCUT2D eigenvalue weighted by molar-refractivity contribution is 6.06. The van der Waals surface area contributed by atoms with Crippen molar-refractivity contribution in [2.75, 3.05) is 0 Å². The SMILES string of the molecule is NC(=O)C1(c2ccc(C(=O)C3CCCCC(=O)N3)cc2)C=CC=CC1(C(N)=O)c1ccc(C(=O)C2CCCCC(=O)N2)cc1. The molecule has 228 valence electrons. The van der Waals surface area contributed by atoms with E-state index in [4.69, 9.17) is 11.5 Å². The highest BCUT2D eigenvalue weighted by Gasteiger charge is 2.59. The summed E-state index contributed by atoms with van der Waals surface area (Å²) in [4.78, 5) is 77.5. The van der Waals surface area contributed by atoms with Gasteiger partial charge >= 0.3 is 0 Å². The van der Waals surface area contributed by atoms with Crippen molar-refractivity contribution in [3.8, 4) is 0 Å². The Hall–Kier alpha value is -4.86. The van der Waals surface area contributed by atoms with Gasteiger partial charge in [-0.15, -0.1) is 0 Å². The molecule has 4 atom stereocenters. The fraction of sp³-hybridized carbons (Fsp3) is 0.353. The van der Waals surface area contributed by atoms with Crippen molar-refractivity contribution >= 4 is 35.2 Å². The Morgan fingerprint density at radius 2 is 0.955 bits per heavy atom. The number of hydrogen-bond donors (Lipinski definition) is 4. The lowest BCUT2D eigenvalue weighted by Crippen LogP contribution is -2.61. The summed E-state index contributed by atoms with van der Waals surface area (Å²) in [7, 11) is 0. The monoisotopic (exact) mass is 596 g/mol. The van der Waals surface area contributed by atoms with Gasteiger partial charge in [0.05, 0.1) is 12.1 Å². The van der Waals surface area contributed by atoms with E-state index in [1.165, 1.54) is 12.2 Å². The largest absolute Gasteiger partial charge is 0.369 e. The number of amides is 4. The lowest BCUT2D eigenvalue weighted by atomic mass is 9.54. The summed E-state index contributed by atoms with van der Waals surface area (Å²) in [6.07, 6.45) is 11.0. The molecule has 0 bridgehead atoms. The van der Waals surface area contributed by atoms with Crippen molar-refractivity contribution in [2.45, 2.75) is 74.3 Å². The van der Waals surface area contributed by atoms with Crippen molar-refractivity contribution in [3.63, 3.8) is 0 Å². The number of carbonyl (C=O) groups is 6. The molecule has 4 unspecified atom stereocenters. The van der Waals surface area contributed by atoms with Crippen LogP contribution in [0, 0.1) is 0 Å². The Labute approximate surface area is 255 Å². The number of ketones is 2. The van der Waals surface area contributed by atoms with E-state index in [-0.39, 0.29) is 23.4 Å². The van der Waals surface area contributed by atoms with Gasteiger partial charge in [0.25, 0.3) is 0 Å². The van der Waals surface area contributed by atoms with Gasteiger partial charge in [-0.05, 0) is 36.8 Å². The van der Waals surface area contributed by atoms with Gasteiger partial charge in [0.1, 0.15) is 10.8 Å². The Kier molecular flexibility index (Phi) is 8.62. The number of carbonyl (C=O) groups excluding carboxylic acids is 6. The van der Waals surface area contributed by atoms with E-state index >= 15 is 0 Å². The molecule has 3 aliphatic rings. The molecule has 0 saturated carbocycles. The van der Waals surface area contributed by atoms with Crippen LogP contribution in [-0.4, -0.2) is 47.3 Å². The Morgan fingerprint density at radius 3 is 1.30 bits per heavy atom. The standard InChI is InChI=1S/C34H36N4O6/c35-31(43)33(23-15-11-21(12-16-23)29(41)25-7-1-3-9-27(39)37-25)19-5-6-20-34(33,32(36)44)24-17-13-22(14-18-24)30(42)26-8-2-4-10-28(40)38-26/h5-6,11-20,25-26H,1-4,7-10H2,(H2,35,43)(H2,36,44)(H,37,39)(H,38,40). The van der Waals surface area contributed by atoms with Gasteiger partial charge in [0, 0.05) is 24.0 Å². The first kappa shape index (κ1) is 30.6. The molecule has 10 nitrogen and oxygen atoms in total. The minimum absolute atomic E-state index is 0.165. The lowest BCUT2D eigenvalue weighted by molar-refractivity contribution is -0.131. The fourth-order valence-corrected chi connectivity index (χ4v) is 6.68. The normalized spacial score (nSPS) is 26.9. The smallest absolute Gasteiger partial charge is 0.233 e. The van der Waals surface area contributed by atoms with Crippen LogP contribution in [0.3, 0.4) is 0 Å². The van der Waals surface area contributed by atoms with E-state index < -0.39 is 34.7 Å². The number of Topliss-reactive ketones (excluding diaryl/α,β-unsaturated/α-hetero) is 2. The topological polar surface area (TPSA) is 179 Å². The molecular weight excluding hydrogens is 560 g/mol. The average molecular weight is 597 g/mol. The fourth-order valence-electron chi connectivity index (χ4n) is 6.68. The Bertz CT molecular complexity index is 1440. The summed E-state index contributed by atoms with van der Waals surface area (Å²) < 4.78 is 0. The van der Waals surface area contributed by atoms with Gasteiger partial charge in [0.2, 0.25) is 23.6 Å². The molecule has 6 N–H and O–H groups in total. The number of primary amides is 2. The number of hydrogen-bond acceptors (Lipinski definition) is 6. The second-order valence-electron chi connectivity index (χ2n) is 11.7. The molecule has 1 aliphatic carbocycles. The number of allylic oxidation sites excluding steroid dienone is 2. The first-order chi connectivity index (χ1) is 21.1. The average Bonchev–Trinajstić information content (AvgIpc) is 3.39. The number of benzene rings is 2. The maximum absolute atomic E-state index is 13.5. The van der Waals surface area contributed by atoms with E-state index in [9.17, 15) is 28.8 Å². The van der Waals surface area contributed by atoms with Gasteiger partial charge < -0.3 is 22.1 Å².